The van der Waals surface area contributed by atoms with Crippen LogP contribution < -0.4 is 0 Å². The second kappa shape index (κ2) is 3.64. The summed E-state index contributed by atoms with van der Waals surface area (Å²) in [6.07, 6.45) is 2.87. The highest BCUT2D eigenvalue weighted by atomic mass is 16.3. The molecule has 0 aliphatic heterocycles. The molecule has 1 fully saturated rings. The molecule has 0 amide bonds. The van der Waals surface area contributed by atoms with Crippen LogP contribution in [0.1, 0.15) is 42.9 Å². The van der Waals surface area contributed by atoms with Crippen LogP contribution in [-0.2, 0) is 5.41 Å². The monoisotopic (exact) mass is 204 g/mol. The lowest BCUT2D eigenvalue weighted by molar-refractivity contribution is 0.175. The van der Waals surface area contributed by atoms with Crippen molar-refractivity contribution in [3.8, 4) is 0 Å². The molecule has 0 saturated heterocycles. The molecule has 82 valence electrons. The highest BCUT2D eigenvalue weighted by Crippen LogP contribution is 2.42. The molecule has 1 aliphatic carbocycles. The van der Waals surface area contributed by atoms with E-state index in [0.29, 0.717) is 0 Å². The summed E-state index contributed by atoms with van der Waals surface area (Å²) in [5.41, 5.74) is 4.30. The van der Waals surface area contributed by atoms with Gasteiger partial charge in [-0.1, -0.05) is 30.7 Å². The van der Waals surface area contributed by atoms with E-state index >= 15 is 0 Å². The average Bonchev–Trinajstić information content (AvgIpc) is 2.46. The molecule has 1 nitrogen and oxygen atoms in total. The minimum absolute atomic E-state index is 0.101. The first kappa shape index (κ1) is 10.7. The number of aliphatic hydroxyl groups is 1. The molecule has 1 N–H and O–H groups in total. The molecule has 1 saturated carbocycles. The molecular weight excluding hydrogens is 184 g/mol. The van der Waals surface area contributed by atoms with Crippen LogP contribution in [0.25, 0.3) is 0 Å². The van der Waals surface area contributed by atoms with Gasteiger partial charge in [-0.15, -0.1) is 0 Å². The van der Waals surface area contributed by atoms with E-state index in [-0.39, 0.29) is 11.5 Å². The Morgan fingerprint density at radius 1 is 1.33 bits per heavy atom. The summed E-state index contributed by atoms with van der Waals surface area (Å²) >= 11 is 0. The molecule has 1 aromatic rings. The van der Waals surface area contributed by atoms with Crippen LogP contribution >= 0.6 is 0 Å². The van der Waals surface area contributed by atoms with E-state index in [0.717, 1.165) is 19.3 Å². The zero-order valence-corrected chi connectivity index (χ0v) is 9.88. The van der Waals surface area contributed by atoms with E-state index in [1.165, 1.54) is 16.7 Å². The molecule has 0 spiro atoms. The number of rotatable bonds is 1. The smallest absolute Gasteiger partial charge is 0.0549 e. The highest BCUT2D eigenvalue weighted by molar-refractivity contribution is 5.36. The maximum Gasteiger partial charge on any atom is 0.0549 e. The van der Waals surface area contributed by atoms with Crippen LogP contribution in [0.3, 0.4) is 0 Å². The molecule has 2 unspecified atom stereocenters. The number of aliphatic hydroxyl groups excluding tert-OH is 1. The Balaban J connectivity index is 2.37. The SMILES string of the molecule is Cc1ccc(C2(C)CCC(O)C2)c(C)c1. The van der Waals surface area contributed by atoms with Gasteiger partial charge in [-0.25, -0.2) is 0 Å². The third kappa shape index (κ3) is 1.93. The van der Waals surface area contributed by atoms with Crippen molar-refractivity contribution in [3.05, 3.63) is 34.9 Å². The fourth-order valence-electron chi connectivity index (χ4n) is 2.94. The second-order valence-electron chi connectivity index (χ2n) is 5.28. The third-order valence-corrected chi connectivity index (χ3v) is 3.75. The normalized spacial score (nSPS) is 30.8. The van der Waals surface area contributed by atoms with Gasteiger partial charge in [0.05, 0.1) is 6.10 Å². The van der Waals surface area contributed by atoms with Crippen LogP contribution in [0.15, 0.2) is 18.2 Å². The minimum atomic E-state index is -0.101. The largest absolute Gasteiger partial charge is 0.393 e. The lowest BCUT2D eigenvalue weighted by Gasteiger charge is -2.26. The predicted molar refractivity (Wildman–Crippen MR) is 63.1 cm³/mol. The summed E-state index contributed by atoms with van der Waals surface area (Å²) in [6.45, 7) is 6.59. The van der Waals surface area contributed by atoms with Gasteiger partial charge >= 0.3 is 0 Å². The van der Waals surface area contributed by atoms with E-state index in [9.17, 15) is 5.11 Å². The van der Waals surface area contributed by atoms with Crippen LogP contribution in [0.2, 0.25) is 0 Å². The average molecular weight is 204 g/mol. The first-order valence-electron chi connectivity index (χ1n) is 5.77. The van der Waals surface area contributed by atoms with Crippen LogP contribution in [0.5, 0.6) is 0 Å². The summed E-state index contributed by atoms with van der Waals surface area (Å²) in [5.74, 6) is 0. The van der Waals surface area contributed by atoms with Crippen molar-refractivity contribution in [1.82, 2.24) is 0 Å². The number of aryl methyl sites for hydroxylation is 2. The molecule has 0 radical (unpaired) electrons. The van der Waals surface area contributed by atoms with Crippen LogP contribution in [-0.4, -0.2) is 11.2 Å². The Labute approximate surface area is 92.1 Å². The molecule has 0 aromatic heterocycles. The maximum absolute atomic E-state index is 9.67. The van der Waals surface area contributed by atoms with Crippen LogP contribution in [0.4, 0.5) is 0 Å². The van der Waals surface area contributed by atoms with Crippen LogP contribution in [0, 0.1) is 13.8 Å². The fraction of sp³-hybridized carbons (Fsp3) is 0.571. The van der Waals surface area contributed by atoms with Gasteiger partial charge in [0.25, 0.3) is 0 Å². The highest BCUT2D eigenvalue weighted by Gasteiger charge is 2.36. The second-order valence-corrected chi connectivity index (χ2v) is 5.28. The Kier molecular flexibility index (Phi) is 2.59. The van der Waals surface area contributed by atoms with Crippen molar-refractivity contribution < 1.29 is 5.11 Å². The van der Waals surface area contributed by atoms with E-state index in [1.807, 2.05) is 0 Å². The van der Waals surface area contributed by atoms with E-state index in [1.54, 1.807) is 0 Å². The Bertz CT molecular complexity index is 370. The van der Waals surface area contributed by atoms with Gasteiger partial charge in [0.1, 0.15) is 0 Å². The Morgan fingerprint density at radius 2 is 2.07 bits per heavy atom. The van der Waals surface area contributed by atoms with Crippen molar-refractivity contribution in [2.75, 3.05) is 0 Å². The first-order chi connectivity index (χ1) is 7.01. The lowest BCUT2D eigenvalue weighted by Crippen LogP contribution is -2.20. The topological polar surface area (TPSA) is 20.2 Å². The van der Waals surface area contributed by atoms with Crippen molar-refractivity contribution >= 4 is 0 Å². The van der Waals surface area contributed by atoms with Gasteiger partial charge in [0, 0.05) is 0 Å². The van der Waals surface area contributed by atoms with Crippen molar-refractivity contribution in [2.45, 2.75) is 51.6 Å². The zero-order chi connectivity index (χ0) is 11.1. The molecule has 15 heavy (non-hydrogen) atoms. The van der Waals surface area contributed by atoms with Crippen molar-refractivity contribution in [2.24, 2.45) is 0 Å². The summed E-state index contributed by atoms with van der Waals surface area (Å²) in [5, 5.41) is 9.67. The summed E-state index contributed by atoms with van der Waals surface area (Å²) in [4.78, 5) is 0. The van der Waals surface area contributed by atoms with Gasteiger partial charge in [0.2, 0.25) is 0 Å². The predicted octanol–water partition coefficient (Wildman–Crippen LogP) is 3.11. The molecule has 1 heteroatoms. The summed E-state index contributed by atoms with van der Waals surface area (Å²) in [7, 11) is 0. The minimum Gasteiger partial charge on any atom is -0.393 e. The van der Waals surface area contributed by atoms with Gasteiger partial charge in [-0.2, -0.15) is 0 Å². The Morgan fingerprint density at radius 3 is 2.60 bits per heavy atom. The standard InChI is InChI=1S/C14H20O/c1-10-4-5-13(11(2)8-10)14(3)7-6-12(15)9-14/h4-5,8,12,15H,6-7,9H2,1-3H3. The molecule has 2 atom stereocenters. The van der Waals surface area contributed by atoms with Crippen molar-refractivity contribution in [3.63, 3.8) is 0 Å². The van der Waals surface area contributed by atoms with Gasteiger partial charge in [-0.3, -0.25) is 0 Å². The fourth-order valence-corrected chi connectivity index (χ4v) is 2.94. The third-order valence-electron chi connectivity index (χ3n) is 3.75. The number of hydrogen-bond donors (Lipinski definition) is 1. The molecule has 0 heterocycles. The molecule has 1 aromatic carbocycles. The van der Waals surface area contributed by atoms with Gasteiger partial charge in [-0.05, 0) is 49.7 Å². The van der Waals surface area contributed by atoms with E-state index in [2.05, 4.69) is 39.0 Å². The first-order valence-corrected chi connectivity index (χ1v) is 5.77. The van der Waals surface area contributed by atoms with E-state index in [4.69, 9.17) is 0 Å². The maximum atomic E-state index is 9.67. The molecule has 1 aliphatic rings. The zero-order valence-electron chi connectivity index (χ0n) is 9.88. The lowest BCUT2D eigenvalue weighted by atomic mass is 9.78. The van der Waals surface area contributed by atoms with E-state index < -0.39 is 0 Å². The van der Waals surface area contributed by atoms with Crippen molar-refractivity contribution in [1.29, 1.82) is 0 Å². The summed E-state index contributed by atoms with van der Waals surface area (Å²) in [6, 6.07) is 6.66. The quantitative estimate of drug-likeness (QED) is 0.745. The molecule has 0 bridgehead atoms. The Hall–Kier alpha value is -0.820. The summed E-state index contributed by atoms with van der Waals surface area (Å²) < 4.78 is 0. The van der Waals surface area contributed by atoms with Gasteiger partial charge in [0.15, 0.2) is 0 Å². The van der Waals surface area contributed by atoms with Gasteiger partial charge < -0.3 is 5.11 Å². The number of hydrogen-bond acceptors (Lipinski definition) is 1. The molecule has 2 rings (SSSR count). The molecular formula is C14H20O. The number of benzene rings is 1.